The summed E-state index contributed by atoms with van der Waals surface area (Å²) in [5.41, 5.74) is 5.67. The molecule has 0 fully saturated rings. The number of aromatic nitrogens is 1. The van der Waals surface area contributed by atoms with Gasteiger partial charge in [0.2, 0.25) is 0 Å². The first-order valence-electron chi connectivity index (χ1n) is 12.9. The normalized spacial score (nSPS) is 11.3. The lowest BCUT2D eigenvalue weighted by Crippen LogP contribution is -2.19. The molecule has 0 saturated carbocycles. The summed E-state index contributed by atoms with van der Waals surface area (Å²) in [5.74, 6) is -0.934. The number of nitrogens with zero attached hydrogens (tertiary/aromatic N) is 1. The second kappa shape index (κ2) is 12.2. The summed E-state index contributed by atoms with van der Waals surface area (Å²) in [7, 11) is 0. The molecule has 0 atom stereocenters. The number of amides is 1. The van der Waals surface area contributed by atoms with Gasteiger partial charge in [0, 0.05) is 42.0 Å². The van der Waals surface area contributed by atoms with Crippen molar-refractivity contribution in [3.8, 4) is 16.9 Å². The number of carbonyl (C=O) groups excluding carboxylic acids is 2. The molecule has 0 aliphatic heterocycles. The maximum Gasteiger partial charge on any atom is 0.345 e. The smallest absolute Gasteiger partial charge is 0.345 e. The van der Waals surface area contributed by atoms with Crippen LogP contribution in [0.25, 0.3) is 32.8 Å². The zero-order chi connectivity index (χ0) is 30.1. The van der Waals surface area contributed by atoms with Crippen LogP contribution in [-0.2, 0) is 0 Å². The van der Waals surface area contributed by atoms with Crippen molar-refractivity contribution in [2.24, 2.45) is 5.10 Å². The van der Waals surface area contributed by atoms with Crippen LogP contribution in [0, 0.1) is 0 Å². The Balaban J connectivity index is 1.33. The number of halogens is 4. The lowest BCUT2D eigenvalue weighted by molar-refractivity contribution is 0.0734. The maximum absolute atomic E-state index is 13.6. The number of H-pyrrole nitrogens is 1. The van der Waals surface area contributed by atoms with Gasteiger partial charge in [-0.2, -0.15) is 5.10 Å². The number of nitrogens with one attached hydrogen (secondary N) is 2. The standard InChI is InChI=1S/C33H19BrCl3N3O3/c34-20-10-14-28(43-33(42)24-13-11-21(35)16-27(24)37)19(15-20)17-38-40-32(41)31-29(23-7-3-4-8-26(23)36)25-12-9-18-5-1-2-6-22(18)30(25)39-31/h1-17,39H,(H,40,41). The number of ether oxygens (including phenoxy) is 1. The zero-order valence-corrected chi connectivity index (χ0v) is 25.9. The van der Waals surface area contributed by atoms with Gasteiger partial charge in [0.1, 0.15) is 11.4 Å². The largest absolute Gasteiger partial charge is 0.422 e. The summed E-state index contributed by atoms with van der Waals surface area (Å²) in [6.07, 6.45) is 1.39. The number of esters is 1. The fourth-order valence-electron chi connectivity index (χ4n) is 4.79. The van der Waals surface area contributed by atoms with Crippen molar-refractivity contribution in [1.82, 2.24) is 10.4 Å². The number of fused-ring (bicyclic) bond motifs is 3. The number of aromatic amines is 1. The van der Waals surface area contributed by atoms with Gasteiger partial charge in [-0.3, -0.25) is 4.79 Å². The molecule has 0 aliphatic carbocycles. The van der Waals surface area contributed by atoms with Gasteiger partial charge in [0.05, 0.1) is 22.3 Å². The third kappa shape index (κ3) is 5.90. The summed E-state index contributed by atoms with van der Waals surface area (Å²) >= 11 is 22.2. The van der Waals surface area contributed by atoms with Crippen LogP contribution in [-0.4, -0.2) is 23.1 Å². The van der Waals surface area contributed by atoms with Gasteiger partial charge in [-0.15, -0.1) is 0 Å². The molecule has 1 amide bonds. The van der Waals surface area contributed by atoms with E-state index >= 15 is 0 Å². The third-order valence-electron chi connectivity index (χ3n) is 6.76. The molecule has 0 unspecified atom stereocenters. The van der Waals surface area contributed by atoms with Crippen LogP contribution in [0.4, 0.5) is 0 Å². The predicted octanol–water partition coefficient (Wildman–Crippen LogP) is 9.69. The molecule has 2 N–H and O–H groups in total. The van der Waals surface area contributed by atoms with Crippen molar-refractivity contribution in [1.29, 1.82) is 0 Å². The Morgan fingerprint density at radius 2 is 1.63 bits per heavy atom. The van der Waals surface area contributed by atoms with Gasteiger partial charge in [-0.1, -0.05) is 105 Å². The highest BCUT2D eigenvalue weighted by atomic mass is 79.9. The number of hydrogen-bond donors (Lipinski definition) is 2. The zero-order valence-electron chi connectivity index (χ0n) is 22.0. The Morgan fingerprint density at radius 3 is 2.44 bits per heavy atom. The van der Waals surface area contributed by atoms with E-state index in [0.29, 0.717) is 36.9 Å². The highest BCUT2D eigenvalue weighted by Crippen LogP contribution is 2.39. The molecule has 6 nitrogen and oxygen atoms in total. The molecule has 10 heteroatoms. The third-order valence-corrected chi connectivity index (χ3v) is 8.13. The van der Waals surface area contributed by atoms with E-state index in [4.69, 9.17) is 39.5 Å². The van der Waals surface area contributed by atoms with Crippen molar-refractivity contribution in [3.05, 3.63) is 133 Å². The van der Waals surface area contributed by atoms with E-state index in [0.717, 1.165) is 21.7 Å². The minimum absolute atomic E-state index is 0.156. The van der Waals surface area contributed by atoms with Crippen LogP contribution in [0.1, 0.15) is 26.4 Å². The predicted molar refractivity (Wildman–Crippen MR) is 177 cm³/mol. The van der Waals surface area contributed by atoms with E-state index in [9.17, 15) is 9.59 Å². The van der Waals surface area contributed by atoms with Gasteiger partial charge in [0.25, 0.3) is 5.91 Å². The summed E-state index contributed by atoms with van der Waals surface area (Å²) in [6.45, 7) is 0. The second-order valence-corrected chi connectivity index (χ2v) is 11.6. The SMILES string of the molecule is O=C(Oc1ccc(Br)cc1C=NNC(=O)c1[nH]c2c(ccc3ccccc32)c1-c1ccccc1Cl)c1ccc(Cl)cc1Cl. The number of rotatable bonds is 6. The van der Waals surface area contributed by atoms with Gasteiger partial charge >= 0.3 is 5.97 Å². The van der Waals surface area contributed by atoms with Crippen LogP contribution < -0.4 is 10.2 Å². The van der Waals surface area contributed by atoms with Gasteiger partial charge in [-0.25, -0.2) is 10.2 Å². The van der Waals surface area contributed by atoms with Crippen LogP contribution in [0.2, 0.25) is 15.1 Å². The molecule has 43 heavy (non-hydrogen) atoms. The molecule has 0 radical (unpaired) electrons. The molecule has 5 aromatic carbocycles. The Hall–Kier alpha value is -4.14. The Labute approximate surface area is 269 Å². The summed E-state index contributed by atoms with van der Waals surface area (Å²) in [5, 5.41) is 8.11. The summed E-state index contributed by atoms with van der Waals surface area (Å²) < 4.78 is 6.32. The molecule has 6 rings (SSSR count). The van der Waals surface area contributed by atoms with Crippen molar-refractivity contribution in [2.75, 3.05) is 0 Å². The molecule has 1 aromatic heterocycles. The summed E-state index contributed by atoms with van der Waals surface area (Å²) in [6, 6.07) is 28.8. The van der Waals surface area contributed by atoms with Crippen molar-refractivity contribution in [3.63, 3.8) is 0 Å². The topological polar surface area (TPSA) is 83.5 Å². The van der Waals surface area contributed by atoms with E-state index in [2.05, 4.69) is 31.4 Å². The fourth-order valence-corrected chi connectivity index (χ4v) is 5.88. The van der Waals surface area contributed by atoms with Crippen LogP contribution in [0.15, 0.2) is 107 Å². The van der Waals surface area contributed by atoms with E-state index < -0.39 is 11.9 Å². The lowest BCUT2D eigenvalue weighted by atomic mass is 9.99. The van der Waals surface area contributed by atoms with Crippen LogP contribution in [0.5, 0.6) is 5.75 Å². The fraction of sp³-hybridized carbons (Fsp3) is 0. The number of carbonyl (C=O) groups is 2. The Morgan fingerprint density at radius 1 is 0.837 bits per heavy atom. The van der Waals surface area contributed by atoms with E-state index in [1.807, 2.05) is 54.6 Å². The Kier molecular flexibility index (Phi) is 8.23. The second-order valence-electron chi connectivity index (χ2n) is 9.46. The quantitative estimate of drug-likeness (QED) is 0.0790. The highest BCUT2D eigenvalue weighted by molar-refractivity contribution is 9.10. The maximum atomic E-state index is 13.6. The average Bonchev–Trinajstić information content (AvgIpc) is 3.39. The lowest BCUT2D eigenvalue weighted by Gasteiger charge is -2.09. The molecule has 0 bridgehead atoms. The minimum Gasteiger partial charge on any atom is -0.422 e. The molecule has 0 spiro atoms. The highest BCUT2D eigenvalue weighted by Gasteiger charge is 2.22. The molecule has 0 saturated heterocycles. The van der Waals surface area contributed by atoms with Crippen LogP contribution in [0.3, 0.4) is 0 Å². The van der Waals surface area contributed by atoms with Gasteiger partial charge in [0.15, 0.2) is 0 Å². The number of benzene rings is 5. The van der Waals surface area contributed by atoms with E-state index in [1.54, 1.807) is 30.3 Å². The number of hydrazone groups is 1. The summed E-state index contributed by atoms with van der Waals surface area (Å²) in [4.78, 5) is 29.8. The Bertz CT molecular complexity index is 2090. The van der Waals surface area contributed by atoms with Gasteiger partial charge < -0.3 is 9.72 Å². The first-order valence-corrected chi connectivity index (χ1v) is 14.8. The van der Waals surface area contributed by atoms with Crippen molar-refractivity contribution < 1.29 is 14.3 Å². The average molecular weight is 692 g/mol. The molecule has 0 aliphatic rings. The molecule has 6 aromatic rings. The molecular weight excluding hydrogens is 673 g/mol. The van der Waals surface area contributed by atoms with E-state index in [1.165, 1.54) is 18.3 Å². The first kappa shape index (κ1) is 29.0. The molecular formula is C33H19BrCl3N3O3. The van der Waals surface area contributed by atoms with Gasteiger partial charge in [-0.05, 0) is 47.9 Å². The molecule has 1 heterocycles. The minimum atomic E-state index is -0.669. The van der Waals surface area contributed by atoms with E-state index in [-0.39, 0.29) is 16.3 Å². The van der Waals surface area contributed by atoms with Crippen LogP contribution >= 0.6 is 50.7 Å². The van der Waals surface area contributed by atoms with Crippen molar-refractivity contribution >= 4 is 90.5 Å². The van der Waals surface area contributed by atoms with Crippen molar-refractivity contribution in [2.45, 2.75) is 0 Å². The first-order chi connectivity index (χ1) is 20.8. The number of hydrogen-bond acceptors (Lipinski definition) is 4. The molecule has 212 valence electrons. The monoisotopic (exact) mass is 689 g/mol.